The fraction of sp³-hybridized carbons (Fsp3) is 1.00. The molecule has 3 atom stereocenters. The van der Waals surface area contributed by atoms with Gasteiger partial charge in [0.1, 0.15) is 0 Å². The Morgan fingerprint density at radius 1 is 1.23 bits per heavy atom. The van der Waals surface area contributed by atoms with Crippen LogP contribution in [0.2, 0.25) is 0 Å². The molecular weight excluding hydrogens is 162 g/mol. The number of nitrogens with one attached hydrogen (secondary N) is 1. The number of hydrogen-bond donors (Lipinski definition) is 1. The van der Waals surface area contributed by atoms with Crippen LogP contribution in [0, 0.1) is 11.8 Å². The van der Waals surface area contributed by atoms with Gasteiger partial charge < -0.3 is 10.1 Å². The smallest absolute Gasteiger partial charge is 0.0615 e. The summed E-state index contributed by atoms with van der Waals surface area (Å²) >= 11 is 0. The van der Waals surface area contributed by atoms with Gasteiger partial charge in [0, 0.05) is 13.2 Å². The molecule has 1 N–H and O–H groups in total. The van der Waals surface area contributed by atoms with Crippen LogP contribution in [0.25, 0.3) is 0 Å². The minimum Gasteiger partial charge on any atom is -0.383 e. The number of hydrogen-bond acceptors (Lipinski definition) is 2. The van der Waals surface area contributed by atoms with Crippen molar-refractivity contribution in [2.75, 3.05) is 20.3 Å². The number of methoxy groups -OCH3 is 1. The van der Waals surface area contributed by atoms with Crippen LogP contribution in [0.3, 0.4) is 0 Å². The predicted molar refractivity (Wildman–Crippen MR) is 53.7 cm³/mol. The Labute approximate surface area is 81.0 Å². The molecule has 2 fully saturated rings. The van der Waals surface area contributed by atoms with Gasteiger partial charge in [0.05, 0.1) is 6.61 Å². The lowest BCUT2D eigenvalue weighted by Gasteiger charge is -2.39. The minimum atomic E-state index is 0.629. The Kier molecular flexibility index (Phi) is 3.23. The van der Waals surface area contributed by atoms with Gasteiger partial charge >= 0.3 is 0 Å². The molecule has 2 nitrogen and oxygen atoms in total. The molecule has 1 saturated carbocycles. The van der Waals surface area contributed by atoms with E-state index in [2.05, 4.69) is 5.32 Å². The number of ether oxygens (including phenoxy) is 1. The zero-order valence-corrected chi connectivity index (χ0v) is 8.59. The first-order chi connectivity index (χ1) is 6.40. The van der Waals surface area contributed by atoms with E-state index in [0.29, 0.717) is 6.04 Å². The van der Waals surface area contributed by atoms with Crippen LogP contribution in [-0.2, 0) is 4.74 Å². The monoisotopic (exact) mass is 183 g/mol. The Balaban J connectivity index is 1.84. The second-order valence-electron chi connectivity index (χ2n) is 4.60. The summed E-state index contributed by atoms with van der Waals surface area (Å²) in [6, 6.07) is 0.629. The first kappa shape index (κ1) is 9.47. The predicted octanol–water partition coefficient (Wildman–Crippen LogP) is 1.80. The van der Waals surface area contributed by atoms with E-state index in [1.54, 1.807) is 7.11 Å². The molecule has 2 rings (SSSR count). The summed E-state index contributed by atoms with van der Waals surface area (Å²) in [6.07, 6.45) is 7.18. The van der Waals surface area contributed by atoms with Gasteiger partial charge in [0.25, 0.3) is 0 Å². The van der Waals surface area contributed by atoms with Gasteiger partial charge in [-0.3, -0.25) is 0 Å². The molecule has 0 spiro atoms. The van der Waals surface area contributed by atoms with Crippen LogP contribution in [0.4, 0.5) is 0 Å². The van der Waals surface area contributed by atoms with Crippen molar-refractivity contribution >= 4 is 0 Å². The fourth-order valence-corrected chi connectivity index (χ4v) is 2.96. The van der Waals surface area contributed by atoms with Crippen molar-refractivity contribution in [3.63, 3.8) is 0 Å². The molecule has 0 aromatic carbocycles. The lowest BCUT2D eigenvalue weighted by Crippen LogP contribution is -2.46. The number of rotatable bonds is 2. The van der Waals surface area contributed by atoms with Crippen LogP contribution in [-0.4, -0.2) is 26.3 Å². The molecule has 0 aromatic rings. The lowest BCUT2D eigenvalue weighted by molar-refractivity contribution is 0.0968. The van der Waals surface area contributed by atoms with Gasteiger partial charge in [-0.1, -0.05) is 19.3 Å². The van der Waals surface area contributed by atoms with Crippen molar-refractivity contribution in [1.82, 2.24) is 5.32 Å². The Morgan fingerprint density at radius 2 is 2.00 bits per heavy atom. The van der Waals surface area contributed by atoms with E-state index in [9.17, 15) is 0 Å². The highest BCUT2D eigenvalue weighted by Gasteiger charge is 2.31. The van der Waals surface area contributed by atoms with Crippen molar-refractivity contribution in [1.29, 1.82) is 0 Å². The Hall–Kier alpha value is -0.0800. The molecular formula is C11H21NO. The number of fused-ring (bicyclic) bond motifs is 1. The van der Waals surface area contributed by atoms with Gasteiger partial charge in [0.15, 0.2) is 0 Å². The standard InChI is InChI=1S/C11H21NO/c1-13-8-11-6-9-4-2-3-5-10(9)7-12-11/h9-12H,2-8H2,1H3/t9-,10+,11?/m1/s1. The highest BCUT2D eigenvalue weighted by molar-refractivity contribution is 4.86. The van der Waals surface area contributed by atoms with Crippen LogP contribution < -0.4 is 5.32 Å². The largest absolute Gasteiger partial charge is 0.383 e. The highest BCUT2D eigenvalue weighted by atomic mass is 16.5. The third-order valence-corrected chi connectivity index (χ3v) is 3.69. The average molecular weight is 183 g/mol. The maximum Gasteiger partial charge on any atom is 0.0615 e. The SMILES string of the molecule is COCC1C[C@H]2CCCC[C@H]2CN1. The maximum atomic E-state index is 5.20. The van der Waals surface area contributed by atoms with Gasteiger partial charge in [-0.2, -0.15) is 0 Å². The quantitative estimate of drug-likeness (QED) is 0.705. The third kappa shape index (κ3) is 2.23. The normalized spacial score (nSPS) is 39.9. The van der Waals surface area contributed by atoms with Crippen LogP contribution in [0.15, 0.2) is 0 Å². The molecule has 1 aliphatic heterocycles. The first-order valence-electron chi connectivity index (χ1n) is 5.62. The van der Waals surface area contributed by atoms with E-state index in [4.69, 9.17) is 4.74 Å². The first-order valence-corrected chi connectivity index (χ1v) is 5.62. The third-order valence-electron chi connectivity index (χ3n) is 3.69. The van der Waals surface area contributed by atoms with Crippen LogP contribution in [0.5, 0.6) is 0 Å². The summed E-state index contributed by atoms with van der Waals surface area (Å²) < 4.78 is 5.20. The Morgan fingerprint density at radius 3 is 2.77 bits per heavy atom. The van der Waals surface area contributed by atoms with Crippen molar-refractivity contribution in [2.24, 2.45) is 11.8 Å². The summed E-state index contributed by atoms with van der Waals surface area (Å²) in [5.41, 5.74) is 0. The van der Waals surface area contributed by atoms with Crippen molar-refractivity contribution in [2.45, 2.75) is 38.1 Å². The summed E-state index contributed by atoms with van der Waals surface area (Å²) in [5.74, 6) is 1.97. The van der Waals surface area contributed by atoms with Gasteiger partial charge in [-0.15, -0.1) is 0 Å². The molecule has 2 heteroatoms. The van der Waals surface area contributed by atoms with Gasteiger partial charge in [-0.05, 0) is 31.2 Å². The minimum absolute atomic E-state index is 0.629. The molecule has 1 saturated heterocycles. The highest BCUT2D eigenvalue weighted by Crippen LogP contribution is 2.35. The molecule has 0 radical (unpaired) electrons. The van der Waals surface area contributed by atoms with E-state index in [0.717, 1.165) is 18.4 Å². The molecule has 0 aromatic heterocycles. The molecule has 1 heterocycles. The average Bonchev–Trinajstić information content (AvgIpc) is 2.18. The molecule has 76 valence electrons. The summed E-state index contributed by atoms with van der Waals surface area (Å²) in [7, 11) is 1.80. The summed E-state index contributed by atoms with van der Waals surface area (Å²) in [5, 5.41) is 3.59. The second kappa shape index (κ2) is 4.43. The van der Waals surface area contributed by atoms with Crippen molar-refractivity contribution in [3.05, 3.63) is 0 Å². The van der Waals surface area contributed by atoms with E-state index in [-0.39, 0.29) is 0 Å². The topological polar surface area (TPSA) is 21.3 Å². The molecule has 2 aliphatic rings. The Bertz CT molecular complexity index is 160. The lowest BCUT2D eigenvalue weighted by atomic mass is 9.74. The summed E-state index contributed by atoms with van der Waals surface area (Å²) in [4.78, 5) is 0. The van der Waals surface area contributed by atoms with E-state index >= 15 is 0 Å². The van der Waals surface area contributed by atoms with Gasteiger partial charge in [0.2, 0.25) is 0 Å². The molecule has 13 heavy (non-hydrogen) atoms. The zero-order chi connectivity index (χ0) is 9.10. The summed E-state index contributed by atoms with van der Waals surface area (Å²) in [6.45, 7) is 2.13. The van der Waals surface area contributed by atoms with Crippen LogP contribution in [0.1, 0.15) is 32.1 Å². The van der Waals surface area contributed by atoms with Crippen molar-refractivity contribution < 1.29 is 4.74 Å². The maximum absolute atomic E-state index is 5.20. The second-order valence-corrected chi connectivity index (χ2v) is 4.60. The van der Waals surface area contributed by atoms with Crippen molar-refractivity contribution in [3.8, 4) is 0 Å². The number of piperidine rings is 1. The van der Waals surface area contributed by atoms with Gasteiger partial charge in [-0.25, -0.2) is 0 Å². The molecule has 0 amide bonds. The van der Waals surface area contributed by atoms with Crippen LogP contribution >= 0.6 is 0 Å². The molecule has 1 aliphatic carbocycles. The van der Waals surface area contributed by atoms with E-state index in [1.807, 2.05) is 0 Å². The zero-order valence-electron chi connectivity index (χ0n) is 8.59. The van der Waals surface area contributed by atoms with E-state index in [1.165, 1.54) is 38.6 Å². The van der Waals surface area contributed by atoms with E-state index < -0.39 is 0 Å². The molecule has 1 unspecified atom stereocenters. The fourth-order valence-electron chi connectivity index (χ4n) is 2.96. The molecule has 0 bridgehead atoms.